The third-order valence-corrected chi connectivity index (χ3v) is 7.33. The van der Waals surface area contributed by atoms with Crippen LogP contribution < -0.4 is 4.74 Å². The van der Waals surface area contributed by atoms with Crippen LogP contribution in [-0.2, 0) is 6.42 Å². The molecule has 3 heteroatoms. The Morgan fingerprint density at radius 2 is 1.73 bits per heavy atom. The van der Waals surface area contributed by atoms with Crippen LogP contribution in [0.5, 0.6) is 5.75 Å². The maximum atomic E-state index is 6.23. The second kappa shape index (κ2) is 9.15. The number of benzene rings is 3. The first-order chi connectivity index (χ1) is 16.0. The number of fused-ring (bicyclic) bond motifs is 1. The largest absolute Gasteiger partial charge is 0.493 e. The van der Waals surface area contributed by atoms with Gasteiger partial charge in [0, 0.05) is 36.3 Å². The maximum Gasteiger partial charge on any atom is 0.122 e. The quantitative estimate of drug-likeness (QED) is 0.404. The lowest BCUT2D eigenvalue weighted by Gasteiger charge is -2.48. The minimum absolute atomic E-state index is 0.365. The lowest BCUT2D eigenvalue weighted by molar-refractivity contribution is 0.0123. The number of nitrogens with zero attached hydrogens (tertiary/aromatic N) is 2. The van der Waals surface area contributed by atoms with Crippen LogP contribution in [0.1, 0.15) is 48.9 Å². The van der Waals surface area contributed by atoms with E-state index in [0.717, 1.165) is 44.0 Å². The maximum absolute atomic E-state index is 6.23. The van der Waals surface area contributed by atoms with E-state index >= 15 is 0 Å². The molecule has 0 spiro atoms. The average molecular weight is 439 g/mol. The molecule has 5 rings (SSSR count). The monoisotopic (exact) mass is 438 g/mol. The van der Waals surface area contributed by atoms with Gasteiger partial charge in [0.05, 0.1) is 12.3 Å². The summed E-state index contributed by atoms with van der Waals surface area (Å²) in [5.41, 5.74) is 8.95. The fraction of sp³-hybridized carbons (Fsp3) is 0.367. The van der Waals surface area contributed by atoms with Crippen LogP contribution in [0.2, 0.25) is 0 Å². The molecular formula is C30H34N2O. The van der Waals surface area contributed by atoms with Gasteiger partial charge in [0.15, 0.2) is 0 Å². The Morgan fingerprint density at radius 3 is 2.55 bits per heavy atom. The number of aliphatic imine (C=N–C) groups is 1. The molecule has 1 fully saturated rings. The van der Waals surface area contributed by atoms with Gasteiger partial charge in [-0.15, -0.1) is 0 Å². The molecular weight excluding hydrogens is 404 g/mol. The van der Waals surface area contributed by atoms with Crippen molar-refractivity contribution >= 4 is 5.71 Å². The molecule has 2 aliphatic heterocycles. The highest BCUT2D eigenvalue weighted by atomic mass is 16.5. The van der Waals surface area contributed by atoms with Crippen LogP contribution >= 0.6 is 0 Å². The summed E-state index contributed by atoms with van der Waals surface area (Å²) in [5.74, 6) is 0.987. The number of ether oxygens (including phenoxy) is 1. The van der Waals surface area contributed by atoms with Gasteiger partial charge in [-0.3, -0.25) is 9.89 Å². The predicted molar refractivity (Wildman–Crippen MR) is 138 cm³/mol. The third kappa shape index (κ3) is 4.47. The summed E-state index contributed by atoms with van der Waals surface area (Å²) >= 11 is 0. The zero-order valence-corrected chi connectivity index (χ0v) is 20.1. The van der Waals surface area contributed by atoms with Crippen molar-refractivity contribution in [3.8, 4) is 16.9 Å². The lowest BCUT2D eigenvalue weighted by Crippen LogP contribution is -2.55. The van der Waals surface area contributed by atoms with Gasteiger partial charge in [-0.25, -0.2) is 0 Å². The summed E-state index contributed by atoms with van der Waals surface area (Å²) in [4.78, 5) is 7.44. The Bertz CT molecular complexity index is 1180. The SMILES string of the molecule is Cc1c(OCCCN2CCC2(C)C)cccc1-c1cccc(C2=NCCc3ccccc32)c1. The molecule has 1 saturated heterocycles. The smallest absolute Gasteiger partial charge is 0.122 e. The molecule has 3 nitrogen and oxygen atoms in total. The van der Waals surface area contributed by atoms with E-state index in [1.165, 1.54) is 46.3 Å². The zero-order valence-electron chi connectivity index (χ0n) is 20.1. The van der Waals surface area contributed by atoms with Crippen LogP contribution in [-0.4, -0.2) is 42.4 Å². The van der Waals surface area contributed by atoms with E-state index in [-0.39, 0.29) is 0 Å². The normalized spacial score (nSPS) is 17.1. The first-order valence-corrected chi connectivity index (χ1v) is 12.2. The first-order valence-electron chi connectivity index (χ1n) is 12.2. The van der Waals surface area contributed by atoms with Gasteiger partial charge >= 0.3 is 0 Å². The fourth-order valence-electron chi connectivity index (χ4n) is 5.08. The van der Waals surface area contributed by atoms with E-state index in [0.29, 0.717) is 5.54 Å². The van der Waals surface area contributed by atoms with E-state index in [2.05, 4.69) is 92.4 Å². The highest BCUT2D eigenvalue weighted by Crippen LogP contribution is 2.32. The molecule has 0 amide bonds. The van der Waals surface area contributed by atoms with Crippen molar-refractivity contribution < 1.29 is 4.74 Å². The summed E-state index contributed by atoms with van der Waals surface area (Å²) in [7, 11) is 0. The second-order valence-corrected chi connectivity index (χ2v) is 9.90. The Kier molecular flexibility index (Phi) is 6.07. The molecule has 33 heavy (non-hydrogen) atoms. The Hall–Kier alpha value is -2.91. The summed E-state index contributed by atoms with van der Waals surface area (Å²) in [6.07, 6.45) is 3.38. The van der Waals surface area contributed by atoms with Crippen molar-refractivity contribution in [2.75, 3.05) is 26.2 Å². The Labute approximate surface area is 198 Å². The highest BCUT2D eigenvalue weighted by molar-refractivity contribution is 6.14. The minimum atomic E-state index is 0.365. The van der Waals surface area contributed by atoms with Crippen molar-refractivity contribution in [3.63, 3.8) is 0 Å². The van der Waals surface area contributed by atoms with Gasteiger partial charge in [-0.2, -0.15) is 0 Å². The number of rotatable bonds is 7. The standard InChI is InChI=1S/C30H34N2O/c1-22-26(13-7-14-28(22)33-20-8-18-32-19-16-30(32,2)3)24-10-6-11-25(21-24)29-27-12-5-4-9-23(27)15-17-31-29/h4-7,9-14,21H,8,15-20H2,1-3H3. The molecule has 0 aromatic heterocycles. The van der Waals surface area contributed by atoms with Gasteiger partial charge < -0.3 is 4.74 Å². The molecule has 0 aliphatic carbocycles. The van der Waals surface area contributed by atoms with E-state index in [4.69, 9.17) is 9.73 Å². The number of hydrogen-bond donors (Lipinski definition) is 0. The van der Waals surface area contributed by atoms with Crippen molar-refractivity contribution in [2.45, 2.75) is 45.6 Å². The molecule has 0 atom stereocenters. The summed E-state index contributed by atoms with van der Waals surface area (Å²) in [6, 6.07) is 23.8. The molecule has 2 heterocycles. The molecule has 170 valence electrons. The Morgan fingerprint density at radius 1 is 0.939 bits per heavy atom. The van der Waals surface area contributed by atoms with Crippen LogP contribution in [0.3, 0.4) is 0 Å². The molecule has 0 unspecified atom stereocenters. The van der Waals surface area contributed by atoms with Crippen LogP contribution in [0.4, 0.5) is 0 Å². The second-order valence-electron chi connectivity index (χ2n) is 9.90. The van der Waals surface area contributed by atoms with Gasteiger partial charge in [0.2, 0.25) is 0 Å². The molecule has 0 N–H and O–H groups in total. The van der Waals surface area contributed by atoms with Crippen LogP contribution in [0, 0.1) is 6.92 Å². The number of hydrogen-bond acceptors (Lipinski definition) is 3. The van der Waals surface area contributed by atoms with Gasteiger partial charge in [-0.1, -0.05) is 54.6 Å². The minimum Gasteiger partial charge on any atom is -0.493 e. The topological polar surface area (TPSA) is 24.8 Å². The van der Waals surface area contributed by atoms with Crippen molar-refractivity contribution in [1.29, 1.82) is 0 Å². The van der Waals surface area contributed by atoms with E-state index in [1.54, 1.807) is 0 Å². The van der Waals surface area contributed by atoms with Crippen molar-refractivity contribution in [2.24, 2.45) is 4.99 Å². The Balaban J connectivity index is 1.33. The van der Waals surface area contributed by atoms with Gasteiger partial charge in [0.25, 0.3) is 0 Å². The van der Waals surface area contributed by atoms with E-state index < -0.39 is 0 Å². The zero-order chi connectivity index (χ0) is 22.8. The van der Waals surface area contributed by atoms with Crippen LogP contribution in [0.25, 0.3) is 11.1 Å². The molecule has 0 saturated carbocycles. The van der Waals surface area contributed by atoms with Gasteiger partial charge in [0.1, 0.15) is 5.75 Å². The predicted octanol–water partition coefficient (Wildman–Crippen LogP) is 6.31. The molecule has 3 aromatic rings. The van der Waals surface area contributed by atoms with Crippen molar-refractivity contribution in [1.82, 2.24) is 4.90 Å². The number of likely N-dealkylation sites (tertiary alicyclic amines) is 1. The van der Waals surface area contributed by atoms with Crippen molar-refractivity contribution in [3.05, 3.63) is 89.0 Å². The lowest BCUT2D eigenvalue weighted by atomic mass is 9.89. The average Bonchev–Trinajstić information content (AvgIpc) is 2.84. The molecule has 2 aliphatic rings. The summed E-state index contributed by atoms with van der Waals surface area (Å²) in [5, 5.41) is 0. The van der Waals surface area contributed by atoms with E-state index in [1.807, 2.05) is 0 Å². The highest BCUT2D eigenvalue weighted by Gasteiger charge is 2.34. The first kappa shape index (κ1) is 21.9. The molecule has 0 bridgehead atoms. The van der Waals surface area contributed by atoms with Gasteiger partial charge in [-0.05, 0) is 74.4 Å². The fourth-order valence-corrected chi connectivity index (χ4v) is 5.08. The third-order valence-electron chi connectivity index (χ3n) is 7.33. The molecule has 3 aromatic carbocycles. The summed E-state index contributed by atoms with van der Waals surface area (Å²) < 4.78 is 6.23. The van der Waals surface area contributed by atoms with E-state index in [9.17, 15) is 0 Å². The summed E-state index contributed by atoms with van der Waals surface area (Å²) in [6.45, 7) is 10.8. The molecule has 0 radical (unpaired) electrons. The van der Waals surface area contributed by atoms with Crippen LogP contribution in [0.15, 0.2) is 71.7 Å².